The van der Waals surface area contributed by atoms with Gasteiger partial charge in [-0.1, -0.05) is 68.2 Å². The second kappa shape index (κ2) is 16.2. The molecule has 2 atom stereocenters. The normalized spacial score (nSPS) is 22.8. The number of carbonyl (C=O) groups is 2. The van der Waals surface area contributed by atoms with Crippen LogP contribution < -0.4 is 4.74 Å². The Kier molecular flexibility index (Phi) is 12.0. The molecule has 2 aromatic carbocycles. The zero-order valence-electron chi connectivity index (χ0n) is 32.8. The molecule has 3 aliphatic rings. The Morgan fingerprint density at radius 1 is 0.833 bits per heavy atom. The minimum atomic E-state index is -1.02. The predicted molar refractivity (Wildman–Crippen MR) is 216 cm³/mol. The fourth-order valence-corrected chi connectivity index (χ4v) is 8.46. The number of amidine groups is 1. The minimum Gasteiger partial charge on any atom is -0.493 e. The van der Waals surface area contributed by atoms with Crippen LogP contribution in [0.3, 0.4) is 0 Å². The number of halogens is 2. The molecule has 6 rings (SSSR count). The van der Waals surface area contributed by atoms with Crippen LogP contribution in [0.5, 0.6) is 5.75 Å². The van der Waals surface area contributed by atoms with E-state index in [1.165, 1.54) is 0 Å². The second-order valence-corrected chi connectivity index (χ2v) is 17.0. The van der Waals surface area contributed by atoms with Gasteiger partial charge in [0.25, 0.3) is 0 Å². The van der Waals surface area contributed by atoms with Crippen molar-refractivity contribution in [2.75, 3.05) is 39.4 Å². The molecule has 54 heavy (non-hydrogen) atoms. The average Bonchev–Trinajstić information content (AvgIpc) is 3.39. The fraction of sp³-hybridized carbons (Fsp3) is 0.535. The molecule has 0 radical (unpaired) electrons. The van der Waals surface area contributed by atoms with Crippen molar-refractivity contribution in [2.24, 2.45) is 10.9 Å². The van der Waals surface area contributed by atoms with Gasteiger partial charge in [-0.05, 0) is 94.7 Å². The number of piperidine rings is 2. The lowest BCUT2D eigenvalue weighted by atomic mass is 9.71. The highest BCUT2D eigenvalue weighted by molar-refractivity contribution is 6.30. The maximum Gasteiger partial charge on any atom is 0.326 e. The van der Waals surface area contributed by atoms with Crippen molar-refractivity contribution in [3.05, 3.63) is 93.2 Å². The van der Waals surface area contributed by atoms with Gasteiger partial charge in [0.2, 0.25) is 5.91 Å². The molecule has 0 saturated carbocycles. The first-order valence-electron chi connectivity index (χ1n) is 19.4. The largest absolute Gasteiger partial charge is 0.493 e. The molecule has 0 spiro atoms. The van der Waals surface area contributed by atoms with Gasteiger partial charge in [-0.15, -0.1) is 0 Å². The standard InChI is InChI=1S/C43H55Cl2N5O4/c1-8-53-34-20-24-48(25-21-34)38(51)26-29-18-22-49(23-19-29)40(52)50-39(35-28-46-37(41(3,4)5)27-36(35)54-9-2)47-42(6,30-10-14-32(44)15-11-30)43(50,7)31-12-16-33(45)17-13-31/h10-17,27-29,34H,8-9,18-26H2,1-7H3/t42-,43+/m0/s1. The molecule has 290 valence electrons. The molecule has 3 aromatic rings. The van der Waals surface area contributed by atoms with Crippen molar-refractivity contribution >= 4 is 41.0 Å². The molecular weight excluding hydrogens is 721 g/mol. The van der Waals surface area contributed by atoms with E-state index in [2.05, 4.69) is 34.6 Å². The molecule has 0 bridgehead atoms. The van der Waals surface area contributed by atoms with Gasteiger partial charge in [0, 0.05) is 72.6 Å². The Morgan fingerprint density at radius 3 is 1.96 bits per heavy atom. The highest BCUT2D eigenvalue weighted by Gasteiger charge is 2.60. The van der Waals surface area contributed by atoms with E-state index < -0.39 is 11.1 Å². The zero-order valence-corrected chi connectivity index (χ0v) is 34.3. The van der Waals surface area contributed by atoms with Crippen LogP contribution in [0, 0.1) is 5.92 Å². The van der Waals surface area contributed by atoms with Crippen molar-refractivity contribution in [2.45, 2.75) is 103 Å². The zero-order chi connectivity index (χ0) is 38.8. The molecule has 2 fully saturated rings. The smallest absolute Gasteiger partial charge is 0.326 e. The summed E-state index contributed by atoms with van der Waals surface area (Å²) in [6, 6.07) is 17.2. The van der Waals surface area contributed by atoms with E-state index >= 15 is 4.79 Å². The van der Waals surface area contributed by atoms with Crippen molar-refractivity contribution in [1.82, 2.24) is 19.7 Å². The summed E-state index contributed by atoms with van der Waals surface area (Å²) in [6.45, 7) is 18.1. The van der Waals surface area contributed by atoms with E-state index in [0.717, 1.165) is 55.6 Å². The number of pyridine rings is 1. The third-order valence-corrected chi connectivity index (χ3v) is 12.2. The van der Waals surface area contributed by atoms with Gasteiger partial charge in [-0.2, -0.15) is 0 Å². The number of benzene rings is 2. The number of rotatable bonds is 9. The second-order valence-electron chi connectivity index (χ2n) is 16.1. The molecule has 3 amide bonds. The van der Waals surface area contributed by atoms with E-state index in [0.29, 0.717) is 59.9 Å². The summed E-state index contributed by atoms with van der Waals surface area (Å²) in [5, 5.41) is 1.21. The van der Waals surface area contributed by atoms with Crippen molar-refractivity contribution < 1.29 is 19.1 Å². The molecule has 0 unspecified atom stereocenters. The molecule has 1 aromatic heterocycles. The van der Waals surface area contributed by atoms with Crippen LogP contribution >= 0.6 is 23.2 Å². The highest BCUT2D eigenvalue weighted by atomic mass is 35.5. The van der Waals surface area contributed by atoms with E-state index in [-0.39, 0.29) is 29.4 Å². The minimum absolute atomic E-state index is 0.158. The average molecular weight is 777 g/mol. The fourth-order valence-electron chi connectivity index (χ4n) is 8.21. The monoisotopic (exact) mass is 775 g/mol. The van der Waals surface area contributed by atoms with E-state index in [9.17, 15) is 4.79 Å². The Hall–Kier alpha value is -3.66. The number of ether oxygens (including phenoxy) is 2. The van der Waals surface area contributed by atoms with Crippen molar-refractivity contribution in [3.8, 4) is 5.75 Å². The molecular formula is C43H55Cl2N5O4. The summed E-state index contributed by atoms with van der Waals surface area (Å²) in [6.07, 6.45) is 5.79. The number of urea groups is 1. The number of hydrogen-bond donors (Lipinski definition) is 0. The van der Waals surface area contributed by atoms with Crippen LogP contribution in [0.25, 0.3) is 0 Å². The van der Waals surface area contributed by atoms with Crippen LogP contribution in [0.15, 0.2) is 65.8 Å². The Labute approximate surface area is 331 Å². The van der Waals surface area contributed by atoms with E-state index in [1.807, 2.05) is 83.1 Å². The number of aromatic nitrogens is 1. The first-order chi connectivity index (χ1) is 25.7. The molecule has 9 nitrogen and oxygen atoms in total. The van der Waals surface area contributed by atoms with Gasteiger partial charge in [0.05, 0.1) is 18.3 Å². The van der Waals surface area contributed by atoms with Crippen LogP contribution in [0.2, 0.25) is 10.0 Å². The Morgan fingerprint density at radius 2 is 1.41 bits per heavy atom. The molecule has 2 saturated heterocycles. The highest BCUT2D eigenvalue weighted by Crippen LogP contribution is 2.54. The quantitative estimate of drug-likeness (QED) is 0.216. The van der Waals surface area contributed by atoms with Crippen molar-refractivity contribution in [1.29, 1.82) is 0 Å². The summed E-state index contributed by atoms with van der Waals surface area (Å²) >= 11 is 12.9. The first kappa shape index (κ1) is 40.0. The lowest BCUT2D eigenvalue weighted by molar-refractivity contribution is -0.135. The van der Waals surface area contributed by atoms with Gasteiger partial charge in [0.15, 0.2) is 0 Å². The van der Waals surface area contributed by atoms with Crippen molar-refractivity contribution in [3.63, 3.8) is 0 Å². The number of carbonyl (C=O) groups excluding carboxylic acids is 2. The first-order valence-corrected chi connectivity index (χ1v) is 20.2. The molecule has 4 heterocycles. The topological polar surface area (TPSA) is 87.6 Å². The molecule has 0 N–H and O–H groups in total. The summed E-state index contributed by atoms with van der Waals surface area (Å²) in [5.74, 6) is 1.51. The number of amides is 3. The third kappa shape index (κ3) is 7.87. The van der Waals surface area contributed by atoms with Crippen LogP contribution in [0.1, 0.15) is 103 Å². The lowest BCUT2D eigenvalue weighted by Gasteiger charge is -2.47. The molecule has 3 aliphatic heterocycles. The summed E-state index contributed by atoms with van der Waals surface area (Å²) in [5.41, 5.74) is 1.08. The third-order valence-electron chi connectivity index (χ3n) is 11.7. The molecule has 11 heteroatoms. The van der Waals surface area contributed by atoms with Crippen LogP contribution in [-0.2, 0) is 26.0 Å². The van der Waals surface area contributed by atoms with Gasteiger partial charge >= 0.3 is 6.03 Å². The van der Waals surface area contributed by atoms with E-state index in [1.54, 1.807) is 6.20 Å². The molecule has 0 aliphatic carbocycles. The Balaban J connectivity index is 1.37. The SMILES string of the molecule is CCOc1cc(C(C)(C)C)ncc1C1=N[C@@](C)(c2ccc(Cl)cc2)[C@@](C)(c2ccc(Cl)cc2)N1C(=O)N1CCC(CC(=O)N2CCC(OCC)CC2)CC1. The van der Waals surface area contributed by atoms with Gasteiger partial charge in [0.1, 0.15) is 22.7 Å². The number of likely N-dealkylation sites (tertiary alicyclic amines) is 2. The van der Waals surface area contributed by atoms with Gasteiger partial charge in [-0.25, -0.2) is 4.79 Å². The summed E-state index contributed by atoms with van der Waals surface area (Å²) in [7, 11) is 0. The number of hydrogen-bond acceptors (Lipinski definition) is 6. The lowest BCUT2D eigenvalue weighted by Crippen LogP contribution is -2.59. The van der Waals surface area contributed by atoms with Gasteiger partial charge in [-0.3, -0.25) is 19.7 Å². The van der Waals surface area contributed by atoms with Crippen LogP contribution in [0.4, 0.5) is 4.79 Å². The number of nitrogens with zero attached hydrogens (tertiary/aromatic N) is 5. The van der Waals surface area contributed by atoms with Crippen LogP contribution in [-0.4, -0.2) is 83.0 Å². The Bertz CT molecular complexity index is 1830. The van der Waals surface area contributed by atoms with Gasteiger partial charge < -0.3 is 19.3 Å². The maximum atomic E-state index is 15.3. The maximum absolute atomic E-state index is 15.3. The summed E-state index contributed by atoms with van der Waals surface area (Å²) in [4.78, 5) is 44.9. The van der Waals surface area contributed by atoms with E-state index in [4.69, 9.17) is 42.7 Å². The number of aliphatic imine (C=N–C) groups is 1. The summed E-state index contributed by atoms with van der Waals surface area (Å²) < 4.78 is 12.1. The predicted octanol–water partition coefficient (Wildman–Crippen LogP) is 9.23.